The Labute approximate surface area is 211 Å². The number of anilines is 1. The molecular formula is C25H23F2N5O4S. The van der Waals surface area contributed by atoms with Gasteiger partial charge in [0, 0.05) is 28.3 Å². The van der Waals surface area contributed by atoms with E-state index in [1.165, 1.54) is 13.3 Å². The van der Waals surface area contributed by atoms with Gasteiger partial charge in [-0.15, -0.1) is 0 Å². The number of methoxy groups -OCH3 is 1. The van der Waals surface area contributed by atoms with Crippen LogP contribution in [0.3, 0.4) is 0 Å². The van der Waals surface area contributed by atoms with Crippen LogP contribution >= 0.6 is 0 Å². The van der Waals surface area contributed by atoms with Crippen molar-refractivity contribution >= 4 is 26.9 Å². The van der Waals surface area contributed by atoms with Gasteiger partial charge in [0.15, 0.2) is 10.7 Å². The molecule has 1 saturated carbocycles. The number of benzene rings is 2. The van der Waals surface area contributed by atoms with Gasteiger partial charge in [0.1, 0.15) is 17.1 Å². The van der Waals surface area contributed by atoms with Crippen molar-refractivity contribution in [3.8, 4) is 33.9 Å². The fourth-order valence-corrected chi connectivity index (χ4v) is 4.96. The van der Waals surface area contributed by atoms with Gasteiger partial charge in [-0.2, -0.15) is 0 Å². The molecule has 2 aromatic heterocycles. The lowest BCUT2D eigenvalue weighted by molar-refractivity contribution is 0.122. The number of nitrogens with two attached hydrogens (primary N) is 2. The second-order valence-electron chi connectivity index (χ2n) is 8.77. The molecule has 0 aliphatic heterocycles. The number of hydrogen-bond acceptors (Lipinski definition) is 8. The molecule has 1 aliphatic carbocycles. The Hall–Kier alpha value is -3.90. The molecule has 5 rings (SSSR count). The summed E-state index contributed by atoms with van der Waals surface area (Å²) in [4.78, 5) is 11.7. The highest BCUT2D eigenvalue weighted by atomic mass is 32.2. The van der Waals surface area contributed by atoms with E-state index in [0.29, 0.717) is 33.5 Å². The summed E-state index contributed by atoms with van der Waals surface area (Å²) >= 11 is 0. The van der Waals surface area contributed by atoms with Crippen molar-refractivity contribution in [2.24, 2.45) is 5.14 Å². The third-order valence-corrected chi connectivity index (χ3v) is 7.26. The highest BCUT2D eigenvalue weighted by Gasteiger charge is 2.26. The number of ether oxygens (including phenoxy) is 2. The molecule has 1 fully saturated rings. The van der Waals surface area contributed by atoms with Crippen LogP contribution in [0.15, 0.2) is 41.4 Å². The maximum atomic E-state index is 15.3. The van der Waals surface area contributed by atoms with Gasteiger partial charge in [0.05, 0.1) is 18.9 Å². The summed E-state index contributed by atoms with van der Waals surface area (Å²) in [5, 5.41) is 5.77. The Kier molecular flexibility index (Phi) is 6.16. The smallest absolute Gasteiger partial charge is 0.243 e. The molecule has 0 saturated heterocycles. The molecule has 12 heteroatoms. The SMILES string of the molecule is COc1ncc(-c2cc(OC3CCC3)c3nc(N)nc(C)c3c2)cc1-c1ccc(F)c(S(N)(=O)=O)c1F. The predicted octanol–water partition coefficient (Wildman–Crippen LogP) is 4.11. The molecule has 2 aromatic carbocycles. The summed E-state index contributed by atoms with van der Waals surface area (Å²) in [6.45, 7) is 1.80. The maximum absolute atomic E-state index is 15.3. The topological polar surface area (TPSA) is 143 Å². The molecule has 0 unspecified atom stereocenters. The molecule has 192 valence electrons. The summed E-state index contributed by atoms with van der Waals surface area (Å²) in [5.41, 5.74) is 8.16. The Morgan fingerprint density at radius 3 is 2.46 bits per heavy atom. The van der Waals surface area contributed by atoms with E-state index >= 15 is 4.39 Å². The lowest BCUT2D eigenvalue weighted by atomic mass is 9.95. The maximum Gasteiger partial charge on any atom is 0.243 e. The van der Waals surface area contributed by atoms with Crippen LogP contribution in [0.5, 0.6) is 11.6 Å². The normalized spacial score (nSPS) is 14.0. The molecule has 9 nitrogen and oxygen atoms in total. The van der Waals surface area contributed by atoms with E-state index in [2.05, 4.69) is 15.0 Å². The minimum atomic E-state index is -4.68. The minimum Gasteiger partial charge on any atom is -0.488 e. The number of aromatic nitrogens is 3. The van der Waals surface area contributed by atoms with Gasteiger partial charge >= 0.3 is 0 Å². The van der Waals surface area contributed by atoms with E-state index in [1.807, 2.05) is 6.07 Å². The lowest BCUT2D eigenvalue weighted by Crippen LogP contribution is -2.24. The van der Waals surface area contributed by atoms with Crippen molar-refractivity contribution < 1.29 is 26.7 Å². The van der Waals surface area contributed by atoms with E-state index in [4.69, 9.17) is 20.3 Å². The number of nitrogen functional groups attached to an aromatic ring is 1. The number of sulfonamides is 1. The average Bonchev–Trinajstić information content (AvgIpc) is 2.80. The van der Waals surface area contributed by atoms with Gasteiger partial charge in [0.2, 0.25) is 21.9 Å². The summed E-state index contributed by atoms with van der Waals surface area (Å²) in [6.07, 6.45) is 4.51. The van der Waals surface area contributed by atoms with E-state index in [0.717, 1.165) is 31.4 Å². The summed E-state index contributed by atoms with van der Waals surface area (Å²) < 4.78 is 64.7. The molecule has 0 bridgehead atoms. The van der Waals surface area contributed by atoms with Gasteiger partial charge in [-0.1, -0.05) is 0 Å². The van der Waals surface area contributed by atoms with E-state index < -0.39 is 26.6 Å². The van der Waals surface area contributed by atoms with E-state index in [9.17, 15) is 12.8 Å². The molecular weight excluding hydrogens is 504 g/mol. The Bertz CT molecular complexity index is 1660. The van der Waals surface area contributed by atoms with Crippen molar-refractivity contribution in [1.82, 2.24) is 15.0 Å². The van der Waals surface area contributed by atoms with Crippen LogP contribution in [0.25, 0.3) is 33.2 Å². The van der Waals surface area contributed by atoms with Crippen LogP contribution in [0.1, 0.15) is 25.0 Å². The second-order valence-corrected chi connectivity index (χ2v) is 10.3. The number of halogens is 2. The number of fused-ring (bicyclic) bond motifs is 1. The zero-order chi connectivity index (χ0) is 26.5. The fourth-order valence-electron chi connectivity index (χ4n) is 4.26. The van der Waals surface area contributed by atoms with Crippen LogP contribution < -0.4 is 20.3 Å². The fraction of sp³-hybridized carbons (Fsp3) is 0.240. The van der Waals surface area contributed by atoms with Gasteiger partial charge in [-0.05, 0) is 62.1 Å². The first-order valence-corrected chi connectivity index (χ1v) is 12.9. The van der Waals surface area contributed by atoms with Gasteiger partial charge < -0.3 is 15.2 Å². The Morgan fingerprint density at radius 2 is 1.81 bits per heavy atom. The zero-order valence-electron chi connectivity index (χ0n) is 20.0. The quantitative estimate of drug-likeness (QED) is 0.381. The largest absolute Gasteiger partial charge is 0.488 e. The summed E-state index contributed by atoms with van der Waals surface area (Å²) in [7, 11) is -3.34. The van der Waals surface area contributed by atoms with Crippen molar-refractivity contribution in [2.45, 2.75) is 37.2 Å². The Balaban J connectivity index is 1.71. The van der Waals surface area contributed by atoms with Crippen molar-refractivity contribution in [3.63, 3.8) is 0 Å². The number of nitrogens with zero attached hydrogens (tertiary/aromatic N) is 3. The first-order valence-electron chi connectivity index (χ1n) is 11.4. The standard InChI is InChI=1S/C25H23F2N5O4S/c1-12-17-8-13(10-20(36-15-4-3-5-15)22(17)32-25(28)31-12)14-9-18(24(35-2)30-11-14)16-6-7-19(26)23(21(16)27)37(29,33)34/h6-11,15H,3-5H2,1-2H3,(H2,28,31,32)(H2,29,33,34). The monoisotopic (exact) mass is 527 g/mol. The van der Waals surface area contributed by atoms with Crippen LogP contribution in [0.4, 0.5) is 14.7 Å². The zero-order valence-corrected chi connectivity index (χ0v) is 20.8. The molecule has 1 aliphatic rings. The minimum absolute atomic E-state index is 0.00801. The van der Waals surface area contributed by atoms with Crippen molar-refractivity contribution in [1.29, 1.82) is 0 Å². The first-order chi connectivity index (χ1) is 17.6. The number of aryl methyl sites for hydroxylation is 1. The van der Waals surface area contributed by atoms with E-state index in [1.54, 1.807) is 19.1 Å². The molecule has 0 atom stereocenters. The van der Waals surface area contributed by atoms with E-state index in [-0.39, 0.29) is 29.1 Å². The number of rotatable bonds is 6. The number of primary sulfonamides is 1. The highest BCUT2D eigenvalue weighted by molar-refractivity contribution is 7.89. The summed E-state index contributed by atoms with van der Waals surface area (Å²) in [6, 6.07) is 7.13. The highest BCUT2D eigenvalue weighted by Crippen LogP contribution is 2.39. The van der Waals surface area contributed by atoms with Gasteiger partial charge in [0.25, 0.3) is 0 Å². The van der Waals surface area contributed by atoms with Crippen molar-refractivity contribution in [3.05, 3.63) is 53.9 Å². The third-order valence-electron chi connectivity index (χ3n) is 6.32. The third kappa shape index (κ3) is 4.53. The van der Waals surface area contributed by atoms with Crippen LogP contribution in [-0.2, 0) is 10.0 Å². The molecule has 37 heavy (non-hydrogen) atoms. The molecule has 4 N–H and O–H groups in total. The summed E-state index contributed by atoms with van der Waals surface area (Å²) in [5.74, 6) is -1.98. The second kappa shape index (κ2) is 9.20. The van der Waals surface area contributed by atoms with Gasteiger partial charge in [-0.3, -0.25) is 0 Å². The average molecular weight is 528 g/mol. The number of pyridine rings is 1. The van der Waals surface area contributed by atoms with Crippen molar-refractivity contribution in [2.75, 3.05) is 12.8 Å². The number of hydrogen-bond donors (Lipinski definition) is 2. The Morgan fingerprint density at radius 1 is 1.05 bits per heavy atom. The van der Waals surface area contributed by atoms with Gasteiger partial charge in [-0.25, -0.2) is 37.3 Å². The predicted molar refractivity (Wildman–Crippen MR) is 133 cm³/mol. The van der Waals surface area contributed by atoms with Crippen LogP contribution in [0, 0.1) is 18.6 Å². The molecule has 0 spiro atoms. The first kappa shape index (κ1) is 24.8. The molecule has 2 heterocycles. The lowest BCUT2D eigenvalue weighted by Gasteiger charge is -2.27. The molecule has 0 radical (unpaired) electrons. The molecule has 4 aromatic rings. The molecule has 0 amide bonds. The van der Waals surface area contributed by atoms with Crippen LogP contribution in [-0.4, -0.2) is 36.6 Å². The van der Waals surface area contributed by atoms with Crippen LogP contribution in [0.2, 0.25) is 0 Å².